The van der Waals surface area contributed by atoms with Gasteiger partial charge in [-0.2, -0.15) is 0 Å². The fraction of sp³-hybridized carbons (Fsp3) is 0.533. The maximum absolute atomic E-state index is 10.7. The number of carbonyl (C=O) groups is 1. The molecular weight excluding hydrogens is 292 g/mol. The third-order valence-electron chi connectivity index (χ3n) is 3.52. The molecular formula is C15H19BrO2. The minimum atomic E-state index is 0.294. The lowest BCUT2D eigenvalue weighted by atomic mass is 9.82. The highest BCUT2D eigenvalue weighted by Gasteiger charge is 2.25. The van der Waals surface area contributed by atoms with Crippen molar-refractivity contribution in [2.24, 2.45) is 11.8 Å². The molecule has 0 aliphatic heterocycles. The smallest absolute Gasteiger partial charge is 0.150 e. The fourth-order valence-corrected chi connectivity index (χ4v) is 3.32. The maximum atomic E-state index is 10.7. The predicted octanol–water partition coefficient (Wildman–Crippen LogP) is 4.47. The Hall–Kier alpha value is -0.830. The lowest BCUT2D eigenvalue weighted by molar-refractivity contribution is 0.100. The molecule has 1 aliphatic carbocycles. The summed E-state index contributed by atoms with van der Waals surface area (Å²) in [4.78, 5) is 10.7. The molecule has 0 N–H and O–H groups in total. The van der Waals surface area contributed by atoms with Gasteiger partial charge in [0.1, 0.15) is 12.0 Å². The van der Waals surface area contributed by atoms with Crippen LogP contribution >= 0.6 is 15.9 Å². The number of rotatable bonds is 3. The Kier molecular flexibility index (Phi) is 4.44. The summed E-state index contributed by atoms with van der Waals surface area (Å²) in [5.41, 5.74) is 0.666. The zero-order valence-corrected chi connectivity index (χ0v) is 12.4. The summed E-state index contributed by atoms with van der Waals surface area (Å²) in [6.07, 6.45) is 4.67. The van der Waals surface area contributed by atoms with Gasteiger partial charge in [-0.15, -0.1) is 0 Å². The molecule has 0 radical (unpaired) electrons. The fourth-order valence-electron chi connectivity index (χ4n) is 2.83. The van der Waals surface area contributed by atoms with Crippen molar-refractivity contribution >= 4 is 22.2 Å². The molecule has 0 saturated heterocycles. The first-order chi connectivity index (χ1) is 8.58. The van der Waals surface area contributed by atoms with Crippen LogP contribution in [0.4, 0.5) is 0 Å². The molecule has 0 bridgehead atoms. The van der Waals surface area contributed by atoms with Gasteiger partial charge in [-0.05, 0) is 65.2 Å². The van der Waals surface area contributed by atoms with E-state index in [2.05, 4.69) is 29.8 Å². The average molecular weight is 311 g/mol. The Bertz CT molecular complexity index is 421. The van der Waals surface area contributed by atoms with E-state index >= 15 is 0 Å². The summed E-state index contributed by atoms with van der Waals surface area (Å²) in [5.74, 6) is 2.30. The van der Waals surface area contributed by atoms with Crippen LogP contribution < -0.4 is 4.74 Å². The first-order valence-electron chi connectivity index (χ1n) is 6.50. The van der Waals surface area contributed by atoms with E-state index in [1.165, 1.54) is 6.42 Å². The summed E-state index contributed by atoms with van der Waals surface area (Å²) in [7, 11) is 0. The standard InChI is InChI=1S/C15H19BrO2/c1-10-5-11(2)7-13(6-10)18-15-4-3-12(9-17)8-14(15)16/h3-4,8-11,13H,5-7H2,1-2H3. The summed E-state index contributed by atoms with van der Waals surface area (Å²) >= 11 is 3.46. The number of carbonyl (C=O) groups excluding carboxylic acids is 1. The lowest BCUT2D eigenvalue weighted by Crippen LogP contribution is -2.28. The van der Waals surface area contributed by atoms with Crippen molar-refractivity contribution in [2.75, 3.05) is 0 Å². The Balaban J connectivity index is 2.06. The van der Waals surface area contributed by atoms with E-state index in [9.17, 15) is 4.79 Å². The van der Waals surface area contributed by atoms with Crippen LogP contribution in [0.5, 0.6) is 5.75 Å². The highest BCUT2D eigenvalue weighted by atomic mass is 79.9. The minimum absolute atomic E-state index is 0.294. The highest BCUT2D eigenvalue weighted by Crippen LogP contribution is 2.33. The molecule has 2 rings (SSSR count). The van der Waals surface area contributed by atoms with Gasteiger partial charge in [-0.1, -0.05) is 13.8 Å². The van der Waals surface area contributed by atoms with Crippen LogP contribution in [0.2, 0.25) is 0 Å². The molecule has 1 aromatic carbocycles. The van der Waals surface area contributed by atoms with Gasteiger partial charge < -0.3 is 4.74 Å². The molecule has 2 nitrogen and oxygen atoms in total. The molecule has 3 heteroatoms. The third kappa shape index (κ3) is 3.35. The second kappa shape index (κ2) is 5.87. The number of hydrogen-bond acceptors (Lipinski definition) is 2. The normalized spacial score (nSPS) is 27.8. The molecule has 2 atom stereocenters. The van der Waals surface area contributed by atoms with Crippen molar-refractivity contribution < 1.29 is 9.53 Å². The number of benzene rings is 1. The molecule has 0 amide bonds. The van der Waals surface area contributed by atoms with Crippen molar-refractivity contribution in [1.29, 1.82) is 0 Å². The summed E-state index contributed by atoms with van der Waals surface area (Å²) < 4.78 is 6.92. The molecule has 18 heavy (non-hydrogen) atoms. The van der Waals surface area contributed by atoms with E-state index in [1.807, 2.05) is 6.07 Å². The van der Waals surface area contributed by atoms with Gasteiger partial charge in [-0.3, -0.25) is 4.79 Å². The van der Waals surface area contributed by atoms with E-state index in [4.69, 9.17) is 4.74 Å². The zero-order chi connectivity index (χ0) is 13.1. The van der Waals surface area contributed by atoms with E-state index in [1.54, 1.807) is 12.1 Å². The second-order valence-corrected chi connectivity index (χ2v) is 6.32. The van der Waals surface area contributed by atoms with Crippen LogP contribution in [-0.2, 0) is 0 Å². The van der Waals surface area contributed by atoms with Crippen LogP contribution in [0.25, 0.3) is 0 Å². The lowest BCUT2D eigenvalue weighted by Gasteiger charge is -2.32. The van der Waals surface area contributed by atoms with Crippen LogP contribution in [0.15, 0.2) is 22.7 Å². The summed E-state index contributed by atoms with van der Waals surface area (Å²) in [6.45, 7) is 4.58. The van der Waals surface area contributed by atoms with Crippen molar-refractivity contribution in [3.05, 3.63) is 28.2 Å². The van der Waals surface area contributed by atoms with E-state index in [0.29, 0.717) is 11.7 Å². The Morgan fingerprint density at radius 3 is 2.44 bits per heavy atom. The van der Waals surface area contributed by atoms with E-state index in [0.717, 1.165) is 41.2 Å². The maximum Gasteiger partial charge on any atom is 0.150 e. The monoisotopic (exact) mass is 310 g/mol. The van der Waals surface area contributed by atoms with Gasteiger partial charge >= 0.3 is 0 Å². The van der Waals surface area contributed by atoms with E-state index in [-0.39, 0.29) is 0 Å². The van der Waals surface area contributed by atoms with Gasteiger partial charge in [-0.25, -0.2) is 0 Å². The van der Waals surface area contributed by atoms with Crippen LogP contribution in [-0.4, -0.2) is 12.4 Å². The van der Waals surface area contributed by atoms with Gasteiger partial charge in [0.15, 0.2) is 0 Å². The molecule has 1 saturated carbocycles. The third-order valence-corrected chi connectivity index (χ3v) is 4.14. The Labute approximate surface area is 117 Å². The second-order valence-electron chi connectivity index (χ2n) is 5.47. The number of aldehydes is 1. The predicted molar refractivity (Wildman–Crippen MR) is 76.1 cm³/mol. The van der Waals surface area contributed by atoms with Crippen LogP contribution in [0.1, 0.15) is 43.5 Å². The molecule has 0 aromatic heterocycles. The van der Waals surface area contributed by atoms with Crippen molar-refractivity contribution in [1.82, 2.24) is 0 Å². The van der Waals surface area contributed by atoms with E-state index < -0.39 is 0 Å². The molecule has 2 unspecified atom stereocenters. The molecule has 0 heterocycles. The van der Waals surface area contributed by atoms with Gasteiger partial charge in [0, 0.05) is 5.56 Å². The SMILES string of the molecule is CC1CC(C)CC(Oc2ccc(C=O)cc2Br)C1. The molecule has 1 aromatic rings. The van der Waals surface area contributed by atoms with Crippen LogP contribution in [0.3, 0.4) is 0 Å². The largest absolute Gasteiger partial charge is 0.489 e. The molecule has 98 valence electrons. The van der Waals surface area contributed by atoms with Gasteiger partial charge in [0.25, 0.3) is 0 Å². The zero-order valence-electron chi connectivity index (χ0n) is 10.9. The van der Waals surface area contributed by atoms with Crippen LogP contribution in [0, 0.1) is 11.8 Å². The molecule has 1 aliphatic rings. The first-order valence-corrected chi connectivity index (χ1v) is 7.29. The van der Waals surface area contributed by atoms with Crippen molar-refractivity contribution in [3.63, 3.8) is 0 Å². The summed E-state index contributed by atoms with van der Waals surface area (Å²) in [5, 5.41) is 0. The van der Waals surface area contributed by atoms with Crippen molar-refractivity contribution in [3.8, 4) is 5.75 Å². The minimum Gasteiger partial charge on any atom is -0.489 e. The quantitative estimate of drug-likeness (QED) is 0.770. The highest BCUT2D eigenvalue weighted by molar-refractivity contribution is 9.10. The molecule has 1 fully saturated rings. The van der Waals surface area contributed by atoms with Gasteiger partial charge in [0.05, 0.1) is 10.6 Å². The molecule has 0 spiro atoms. The Morgan fingerprint density at radius 2 is 1.89 bits per heavy atom. The average Bonchev–Trinajstić information content (AvgIpc) is 2.30. The number of hydrogen-bond donors (Lipinski definition) is 0. The topological polar surface area (TPSA) is 26.3 Å². The number of ether oxygens (including phenoxy) is 1. The number of halogens is 1. The van der Waals surface area contributed by atoms with Crippen molar-refractivity contribution in [2.45, 2.75) is 39.2 Å². The Morgan fingerprint density at radius 1 is 1.22 bits per heavy atom. The van der Waals surface area contributed by atoms with Gasteiger partial charge in [0.2, 0.25) is 0 Å². The summed E-state index contributed by atoms with van der Waals surface area (Å²) in [6, 6.07) is 5.47. The first kappa shape index (κ1) is 13.6.